The van der Waals surface area contributed by atoms with E-state index in [0.717, 1.165) is 0 Å². The van der Waals surface area contributed by atoms with E-state index in [1.54, 1.807) is 4.90 Å². The maximum absolute atomic E-state index is 13.0. The highest BCUT2D eigenvalue weighted by atomic mass is 19.1. The zero-order valence-electron chi connectivity index (χ0n) is 13.2. The Kier molecular flexibility index (Phi) is 4.51. The van der Waals surface area contributed by atoms with Crippen LogP contribution in [0, 0.1) is 17.7 Å². The van der Waals surface area contributed by atoms with Gasteiger partial charge in [0.25, 0.3) is 0 Å². The van der Waals surface area contributed by atoms with Crippen LogP contribution in [-0.2, 0) is 14.4 Å². The molecule has 2 amide bonds. The second-order valence-electron chi connectivity index (χ2n) is 6.34. The number of carbonyl (C=O) groups is 3. The molecule has 2 aliphatic rings. The molecule has 1 aromatic carbocycles. The Labute approximate surface area is 138 Å². The number of benzene rings is 1. The molecule has 2 aliphatic heterocycles. The zero-order chi connectivity index (χ0) is 17.3. The highest BCUT2D eigenvalue weighted by molar-refractivity contribution is 6.00. The molecule has 1 N–H and O–H groups in total. The van der Waals surface area contributed by atoms with E-state index in [2.05, 4.69) is 0 Å². The number of likely N-dealkylation sites (tertiary alicyclic amines) is 1. The van der Waals surface area contributed by atoms with Crippen LogP contribution in [0.1, 0.15) is 19.3 Å². The highest BCUT2D eigenvalue weighted by Gasteiger charge is 2.39. The van der Waals surface area contributed by atoms with E-state index >= 15 is 0 Å². The molecule has 0 aliphatic carbocycles. The molecular weight excluding hydrogens is 315 g/mol. The fourth-order valence-electron chi connectivity index (χ4n) is 3.38. The summed E-state index contributed by atoms with van der Waals surface area (Å²) in [5.74, 6) is -2.62. The van der Waals surface area contributed by atoms with Gasteiger partial charge in [-0.2, -0.15) is 0 Å². The van der Waals surface area contributed by atoms with Crippen molar-refractivity contribution in [3.8, 4) is 0 Å². The molecule has 0 aromatic heterocycles. The first-order valence-electron chi connectivity index (χ1n) is 8.03. The van der Waals surface area contributed by atoms with Gasteiger partial charge in [-0.1, -0.05) is 0 Å². The predicted octanol–water partition coefficient (Wildman–Crippen LogP) is 1.50. The van der Waals surface area contributed by atoms with Gasteiger partial charge in [0, 0.05) is 31.7 Å². The largest absolute Gasteiger partial charge is 0.481 e. The van der Waals surface area contributed by atoms with Crippen LogP contribution in [-0.4, -0.2) is 47.4 Å². The number of amides is 2. The van der Waals surface area contributed by atoms with Crippen molar-refractivity contribution in [1.82, 2.24) is 4.90 Å². The average Bonchev–Trinajstić information content (AvgIpc) is 2.97. The SMILES string of the molecule is O=C(O)[C@H]1CCCN(C(=O)[C@@H]2CC(=O)N(c3ccc(F)cc3)C2)C1. The van der Waals surface area contributed by atoms with Crippen molar-refractivity contribution in [2.75, 3.05) is 24.5 Å². The Bertz CT molecular complexity index is 661. The summed E-state index contributed by atoms with van der Waals surface area (Å²) in [6.45, 7) is 0.983. The van der Waals surface area contributed by atoms with Crippen molar-refractivity contribution in [3.05, 3.63) is 30.1 Å². The first-order chi connectivity index (χ1) is 11.5. The number of piperidine rings is 1. The quantitative estimate of drug-likeness (QED) is 0.909. The van der Waals surface area contributed by atoms with Crippen LogP contribution in [0.5, 0.6) is 0 Å². The van der Waals surface area contributed by atoms with Crippen molar-refractivity contribution in [2.45, 2.75) is 19.3 Å². The molecule has 2 atom stereocenters. The van der Waals surface area contributed by atoms with Crippen molar-refractivity contribution in [3.63, 3.8) is 0 Å². The van der Waals surface area contributed by atoms with E-state index in [0.29, 0.717) is 25.1 Å². The lowest BCUT2D eigenvalue weighted by molar-refractivity contribution is -0.146. The molecule has 2 fully saturated rings. The number of carboxylic acids is 1. The summed E-state index contributed by atoms with van der Waals surface area (Å²) >= 11 is 0. The zero-order valence-corrected chi connectivity index (χ0v) is 13.2. The number of hydrogen-bond donors (Lipinski definition) is 1. The van der Waals surface area contributed by atoms with Crippen LogP contribution in [0.25, 0.3) is 0 Å². The lowest BCUT2D eigenvalue weighted by Crippen LogP contribution is -2.45. The van der Waals surface area contributed by atoms with Crippen LogP contribution >= 0.6 is 0 Å². The van der Waals surface area contributed by atoms with E-state index in [-0.39, 0.29) is 37.1 Å². The summed E-state index contributed by atoms with van der Waals surface area (Å²) in [4.78, 5) is 39.0. The fourth-order valence-corrected chi connectivity index (χ4v) is 3.38. The van der Waals surface area contributed by atoms with Crippen LogP contribution in [0.15, 0.2) is 24.3 Å². The summed E-state index contributed by atoms with van der Waals surface area (Å²) in [5, 5.41) is 9.13. The van der Waals surface area contributed by atoms with Gasteiger partial charge in [0.15, 0.2) is 0 Å². The van der Waals surface area contributed by atoms with Gasteiger partial charge >= 0.3 is 5.97 Å². The molecule has 2 saturated heterocycles. The Morgan fingerprint density at radius 1 is 1.12 bits per heavy atom. The summed E-state index contributed by atoms with van der Waals surface area (Å²) < 4.78 is 13.0. The molecule has 0 saturated carbocycles. The molecule has 1 aromatic rings. The van der Waals surface area contributed by atoms with Crippen molar-refractivity contribution in [1.29, 1.82) is 0 Å². The Balaban J connectivity index is 1.67. The van der Waals surface area contributed by atoms with E-state index in [1.807, 2.05) is 0 Å². The van der Waals surface area contributed by atoms with Gasteiger partial charge in [0.2, 0.25) is 11.8 Å². The Hall–Kier alpha value is -2.44. The third-order valence-electron chi connectivity index (χ3n) is 4.69. The molecule has 7 heteroatoms. The van der Waals surface area contributed by atoms with E-state index < -0.39 is 17.8 Å². The maximum Gasteiger partial charge on any atom is 0.308 e. The summed E-state index contributed by atoms with van der Waals surface area (Å²) in [6, 6.07) is 5.59. The molecule has 2 heterocycles. The second-order valence-corrected chi connectivity index (χ2v) is 6.34. The van der Waals surface area contributed by atoms with Crippen LogP contribution in [0.3, 0.4) is 0 Å². The predicted molar refractivity (Wildman–Crippen MR) is 83.8 cm³/mol. The minimum atomic E-state index is -0.886. The number of anilines is 1. The molecule has 0 spiro atoms. The molecule has 0 radical (unpaired) electrons. The van der Waals surface area contributed by atoms with Gasteiger partial charge in [-0.15, -0.1) is 0 Å². The van der Waals surface area contributed by atoms with E-state index in [9.17, 15) is 18.8 Å². The monoisotopic (exact) mass is 334 g/mol. The second kappa shape index (κ2) is 6.59. The fraction of sp³-hybridized carbons (Fsp3) is 0.471. The van der Waals surface area contributed by atoms with Crippen LogP contribution in [0.2, 0.25) is 0 Å². The molecule has 0 unspecified atom stereocenters. The number of nitrogens with zero attached hydrogens (tertiary/aromatic N) is 2. The number of hydrogen-bond acceptors (Lipinski definition) is 3. The summed E-state index contributed by atoms with van der Waals surface area (Å²) in [5.41, 5.74) is 0.568. The van der Waals surface area contributed by atoms with Crippen LogP contribution in [0.4, 0.5) is 10.1 Å². The van der Waals surface area contributed by atoms with Gasteiger partial charge in [-0.05, 0) is 37.1 Å². The smallest absolute Gasteiger partial charge is 0.308 e. The van der Waals surface area contributed by atoms with E-state index in [1.165, 1.54) is 29.2 Å². The minimum Gasteiger partial charge on any atom is -0.481 e. The van der Waals surface area contributed by atoms with Crippen molar-refractivity contribution < 1.29 is 23.9 Å². The molecule has 128 valence electrons. The Morgan fingerprint density at radius 3 is 2.50 bits per heavy atom. The molecule has 24 heavy (non-hydrogen) atoms. The number of rotatable bonds is 3. The lowest BCUT2D eigenvalue weighted by Gasteiger charge is -2.32. The summed E-state index contributed by atoms with van der Waals surface area (Å²) in [7, 11) is 0. The molecule has 0 bridgehead atoms. The summed E-state index contributed by atoms with van der Waals surface area (Å²) in [6.07, 6.45) is 1.33. The number of aliphatic carboxylic acids is 1. The van der Waals surface area contributed by atoms with Gasteiger partial charge in [0.05, 0.1) is 11.8 Å². The third kappa shape index (κ3) is 3.25. The normalized spacial score (nSPS) is 24.3. The first-order valence-corrected chi connectivity index (χ1v) is 8.03. The van der Waals surface area contributed by atoms with Gasteiger partial charge < -0.3 is 14.9 Å². The number of carboxylic acid groups (broad SMARTS) is 1. The molecule has 3 rings (SSSR count). The highest BCUT2D eigenvalue weighted by Crippen LogP contribution is 2.28. The van der Waals surface area contributed by atoms with E-state index in [4.69, 9.17) is 5.11 Å². The lowest BCUT2D eigenvalue weighted by atomic mass is 9.96. The van der Waals surface area contributed by atoms with Crippen molar-refractivity contribution >= 4 is 23.5 Å². The van der Waals surface area contributed by atoms with Gasteiger partial charge in [-0.3, -0.25) is 14.4 Å². The third-order valence-corrected chi connectivity index (χ3v) is 4.69. The number of carbonyl (C=O) groups excluding carboxylic acids is 2. The maximum atomic E-state index is 13.0. The first kappa shape index (κ1) is 16.4. The Morgan fingerprint density at radius 2 is 1.83 bits per heavy atom. The van der Waals surface area contributed by atoms with Gasteiger partial charge in [0.1, 0.15) is 5.82 Å². The number of halogens is 1. The van der Waals surface area contributed by atoms with Crippen LogP contribution < -0.4 is 4.90 Å². The van der Waals surface area contributed by atoms with Gasteiger partial charge in [-0.25, -0.2) is 4.39 Å². The molecular formula is C17H19FN2O4. The minimum absolute atomic E-state index is 0.102. The topological polar surface area (TPSA) is 77.9 Å². The average molecular weight is 334 g/mol. The standard InChI is InChI=1S/C17H19FN2O4/c18-13-3-5-14(6-4-13)20-10-12(8-15(20)21)16(22)19-7-1-2-11(9-19)17(23)24/h3-6,11-12H,1-2,7-10H2,(H,23,24)/t11-,12+/m0/s1. The van der Waals surface area contributed by atoms with Crippen molar-refractivity contribution in [2.24, 2.45) is 11.8 Å². The molecule has 6 nitrogen and oxygen atoms in total.